The van der Waals surface area contributed by atoms with Gasteiger partial charge in [0.25, 0.3) is 5.69 Å². The first-order chi connectivity index (χ1) is 10.1. The minimum Gasteiger partial charge on any atom is -0.299 e. The van der Waals surface area contributed by atoms with Crippen LogP contribution in [0.4, 0.5) is 5.69 Å². The molecule has 0 aliphatic heterocycles. The number of unbranched alkanes of at least 4 members (excludes halogenated alkanes) is 3. The zero-order valence-electron chi connectivity index (χ0n) is 12.6. The van der Waals surface area contributed by atoms with E-state index in [1.54, 1.807) is 18.2 Å². The van der Waals surface area contributed by atoms with Crippen molar-refractivity contribution in [2.45, 2.75) is 51.4 Å². The van der Waals surface area contributed by atoms with E-state index in [1.807, 2.05) is 0 Å². The number of non-ortho nitro benzene ring substituents is 1. The van der Waals surface area contributed by atoms with Gasteiger partial charge >= 0.3 is 0 Å². The number of Topliss-reactive ketones (excluding diaryl/α,β-unsaturated/α-hetero) is 1. The highest BCUT2D eigenvalue weighted by molar-refractivity contribution is 5.86. The molecular formula is C17H23NO3. The van der Waals surface area contributed by atoms with Gasteiger partial charge in [-0.2, -0.15) is 0 Å². The summed E-state index contributed by atoms with van der Waals surface area (Å²) >= 11 is 0. The molecule has 0 bridgehead atoms. The summed E-state index contributed by atoms with van der Waals surface area (Å²) in [7, 11) is 0. The Kier molecular flexibility index (Phi) is 7.37. The average Bonchev–Trinajstić information content (AvgIpc) is 2.49. The molecular weight excluding hydrogens is 266 g/mol. The third-order valence-corrected chi connectivity index (χ3v) is 3.57. The van der Waals surface area contributed by atoms with Crippen LogP contribution >= 0.6 is 0 Å². The van der Waals surface area contributed by atoms with Gasteiger partial charge in [0.1, 0.15) is 5.78 Å². The number of nitrogens with zero attached hydrogens (tertiary/aromatic N) is 1. The number of hydrogen-bond donors (Lipinski definition) is 0. The van der Waals surface area contributed by atoms with Gasteiger partial charge in [-0.3, -0.25) is 14.9 Å². The number of rotatable bonds is 10. The van der Waals surface area contributed by atoms with E-state index in [0.717, 1.165) is 31.2 Å². The fourth-order valence-electron chi connectivity index (χ4n) is 2.35. The third-order valence-electron chi connectivity index (χ3n) is 3.57. The Morgan fingerprint density at radius 2 is 1.95 bits per heavy atom. The molecule has 1 aromatic rings. The maximum absolute atomic E-state index is 12.3. The predicted octanol–water partition coefficient (Wildman–Crippen LogP) is 4.79. The molecule has 21 heavy (non-hydrogen) atoms. The molecule has 0 spiro atoms. The molecule has 1 aromatic carbocycles. The lowest BCUT2D eigenvalue weighted by molar-refractivity contribution is -0.384. The van der Waals surface area contributed by atoms with E-state index in [2.05, 4.69) is 13.5 Å². The molecule has 0 N–H and O–H groups in total. The van der Waals surface area contributed by atoms with Gasteiger partial charge in [-0.05, 0) is 18.4 Å². The maximum atomic E-state index is 12.3. The highest BCUT2D eigenvalue weighted by Crippen LogP contribution is 2.25. The van der Waals surface area contributed by atoms with Crippen molar-refractivity contribution in [1.29, 1.82) is 0 Å². The third kappa shape index (κ3) is 5.50. The Morgan fingerprint density at radius 3 is 2.48 bits per heavy atom. The lowest BCUT2D eigenvalue weighted by Gasteiger charge is -2.14. The monoisotopic (exact) mass is 289 g/mol. The standard InChI is InChI=1S/C17H23NO3/c1-3-5-6-7-9-17(19)16(8-4-2)14-10-12-15(13-11-14)18(20)21/h4,10-13,16H,2-3,5-9H2,1H3. The van der Waals surface area contributed by atoms with Gasteiger partial charge in [0, 0.05) is 24.5 Å². The molecule has 0 aliphatic carbocycles. The van der Waals surface area contributed by atoms with Crippen LogP contribution in [0, 0.1) is 10.1 Å². The highest BCUT2D eigenvalue weighted by Gasteiger charge is 2.19. The molecule has 1 atom stereocenters. The van der Waals surface area contributed by atoms with Gasteiger partial charge < -0.3 is 0 Å². The number of nitro benzene ring substituents is 1. The number of carbonyl (C=O) groups is 1. The van der Waals surface area contributed by atoms with E-state index in [1.165, 1.54) is 12.1 Å². The molecule has 0 aromatic heterocycles. The number of benzene rings is 1. The van der Waals surface area contributed by atoms with Gasteiger partial charge in [0.15, 0.2) is 0 Å². The van der Waals surface area contributed by atoms with E-state index in [4.69, 9.17) is 0 Å². The van der Waals surface area contributed by atoms with Crippen molar-refractivity contribution in [1.82, 2.24) is 0 Å². The molecule has 1 unspecified atom stereocenters. The minimum absolute atomic E-state index is 0.0477. The number of hydrogen-bond acceptors (Lipinski definition) is 3. The smallest absolute Gasteiger partial charge is 0.269 e. The van der Waals surface area contributed by atoms with E-state index in [0.29, 0.717) is 12.8 Å². The number of carbonyl (C=O) groups excluding carboxylic acids is 1. The molecule has 0 radical (unpaired) electrons. The summed E-state index contributed by atoms with van der Waals surface area (Å²) in [6.07, 6.45) is 7.15. The van der Waals surface area contributed by atoms with E-state index < -0.39 is 4.92 Å². The fourth-order valence-corrected chi connectivity index (χ4v) is 2.35. The predicted molar refractivity (Wildman–Crippen MR) is 84.4 cm³/mol. The lowest BCUT2D eigenvalue weighted by atomic mass is 9.89. The molecule has 0 saturated heterocycles. The first-order valence-electron chi connectivity index (χ1n) is 7.48. The Morgan fingerprint density at radius 1 is 1.29 bits per heavy atom. The first kappa shape index (κ1) is 17.1. The van der Waals surface area contributed by atoms with E-state index >= 15 is 0 Å². The SMILES string of the molecule is C=CCC(C(=O)CCCCCC)c1ccc([N+](=O)[O-])cc1. The largest absolute Gasteiger partial charge is 0.299 e. The maximum Gasteiger partial charge on any atom is 0.269 e. The zero-order valence-corrected chi connectivity index (χ0v) is 12.6. The molecule has 0 heterocycles. The van der Waals surface area contributed by atoms with E-state index in [-0.39, 0.29) is 17.4 Å². The summed E-state index contributed by atoms with van der Waals surface area (Å²) in [5, 5.41) is 10.7. The Balaban J connectivity index is 2.73. The molecule has 0 aliphatic rings. The quantitative estimate of drug-likeness (QED) is 0.269. The van der Waals surface area contributed by atoms with Crippen molar-refractivity contribution in [3.8, 4) is 0 Å². The van der Waals surface area contributed by atoms with Crippen molar-refractivity contribution < 1.29 is 9.72 Å². The van der Waals surface area contributed by atoms with Crippen molar-refractivity contribution in [3.05, 3.63) is 52.6 Å². The second-order valence-electron chi connectivity index (χ2n) is 5.20. The van der Waals surface area contributed by atoms with Crippen molar-refractivity contribution in [3.63, 3.8) is 0 Å². The van der Waals surface area contributed by atoms with Crippen molar-refractivity contribution in [2.75, 3.05) is 0 Å². The Labute approximate surface area is 126 Å². The summed E-state index contributed by atoms with van der Waals surface area (Å²) in [5.41, 5.74) is 0.882. The second-order valence-corrected chi connectivity index (χ2v) is 5.20. The van der Waals surface area contributed by atoms with E-state index in [9.17, 15) is 14.9 Å². The Hall–Kier alpha value is -1.97. The Bertz CT molecular complexity index is 479. The fraction of sp³-hybridized carbons (Fsp3) is 0.471. The van der Waals surface area contributed by atoms with Crippen LogP contribution in [0.25, 0.3) is 0 Å². The summed E-state index contributed by atoms with van der Waals surface area (Å²) in [4.78, 5) is 22.6. The zero-order chi connectivity index (χ0) is 15.7. The summed E-state index contributed by atoms with van der Waals surface area (Å²) in [5.74, 6) is -0.0372. The summed E-state index contributed by atoms with van der Waals surface area (Å²) < 4.78 is 0. The molecule has 1 rings (SSSR count). The summed E-state index contributed by atoms with van der Waals surface area (Å²) in [6.45, 7) is 5.84. The average molecular weight is 289 g/mol. The molecule has 4 heteroatoms. The molecule has 0 amide bonds. The van der Waals surface area contributed by atoms with Crippen LogP contribution in [0.15, 0.2) is 36.9 Å². The lowest BCUT2D eigenvalue weighted by Crippen LogP contribution is -2.12. The van der Waals surface area contributed by atoms with Gasteiger partial charge in [0.2, 0.25) is 0 Å². The summed E-state index contributed by atoms with van der Waals surface area (Å²) in [6, 6.07) is 6.26. The normalized spacial score (nSPS) is 11.9. The van der Waals surface area contributed by atoms with Crippen LogP contribution in [0.1, 0.15) is 56.9 Å². The van der Waals surface area contributed by atoms with Gasteiger partial charge in [-0.15, -0.1) is 6.58 Å². The molecule has 0 saturated carbocycles. The van der Waals surface area contributed by atoms with Crippen molar-refractivity contribution >= 4 is 11.5 Å². The molecule has 114 valence electrons. The first-order valence-corrected chi connectivity index (χ1v) is 7.48. The molecule has 0 fully saturated rings. The van der Waals surface area contributed by atoms with Gasteiger partial charge in [0.05, 0.1) is 4.92 Å². The van der Waals surface area contributed by atoms with Gasteiger partial charge in [-0.1, -0.05) is 44.4 Å². The van der Waals surface area contributed by atoms with Crippen LogP contribution in [0.2, 0.25) is 0 Å². The van der Waals surface area contributed by atoms with Gasteiger partial charge in [-0.25, -0.2) is 0 Å². The number of ketones is 1. The van der Waals surface area contributed by atoms with Crippen molar-refractivity contribution in [2.24, 2.45) is 0 Å². The van der Waals surface area contributed by atoms with Crippen LogP contribution in [0.3, 0.4) is 0 Å². The van der Waals surface area contributed by atoms with Crippen LogP contribution in [-0.2, 0) is 4.79 Å². The number of nitro groups is 1. The van der Waals surface area contributed by atoms with Crippen LogP contribution < -0.4 is 0 Å². The highest BCUT2D eigenvalue weighted by atomic mass is 16.6. The number of allylic oxidation sites excluding steroid dienone is 1. The van der Waals surface area contributed by atoms with Crippen LogP contribution in [0.5, 0.6) is 0 Å². The second kappa shape index (κ2) is 9.06. The van der Waals surface area contributed by atoms with Crippen LogP contribution in [-0.4, -0.2) is 10.7 Å². The topological polar surface area (TPSA) is 60.2 Å². The minimum atomic E-state index is -0.432. The molecule has 4 nitrogen and oxygen atoms in total.